The monoisotopic (exact) mass is 569 g/mol. The number of carbonyl (C=O) groups excluding carboxylic acids is 2. The Balaban J connectivity index is 1.95. The number of sulfonamides is 1. The van der Waals surface area contributed by atoms with E-state index >= 15 is 0 Å². The Bertz CT molecular complexity index is 1360. The molecule has 0 aliphatic heterocycles. The lowest BCUT2D eigenvalue weighted by Gasteiger charge is -2.32. The van der Waals surface area contributed by atoms with Crippen LogP contribution in [0.2, 0.25) is 0 Å². The molecule has 0 saturated heterocycles. The van der Waals surface area contributed by atoms with E-state index in [9.17, 15) is 22.4 Å². The van der Waals surface area contributed by atoms with Gasteiger partial charge in [-0.25, -0.2) is 12.8 Å². The van der Waals surface area contributed by atoms with Crippen molar-refractivity contribution in [1.82, 2.24) is 10.2 Å². The Kier molecular flexibility index (Phi) is 10.7. The van der Waals surface area contributed by atoms with Gasteiger partial charge in [0.05, 0.1) is 17.7 Å². The Morgan fingerprint density at radius 3 is 2.12 bits per heavy atom. The fourth-order valence-electron chi connectivity index (χ4n) is 4.03. The lowest BCUT2D eigenvalue weighted by molar-refractivity contribution is -0.138. The number of halogens is 1. The number of nitrogens with zero attached hydrogens (tertiary/aromatic N) is 2. The van der Waals surface area contributed by atoms with Crippen molar-refractivity contribution < 1.29 is 27.1 Å². The van der Waals surface area contributed by atoms with Gasteiger partial charge in [-0.05, 0) is 73.4 Å². The van der Waals surface area contributed by atoms with Gasteiger partial charge in [0, 0.05) is 13.1 Å². The number of nitrogens with one attached hydrogen (secondary N) is 1. The highest BCUT2D eigenvalue weighted by Crippen LogP contribution is 2.26. The summed E-state index contributed by atoms with van der Waals surface area (Å²) < 4.78 is 47.4. The quantitative estimate of drug-likeness (QED) is 0.332. The van der Waals surface area contributed by atoms with Gasteiger partial charge < -0.3 is 15.0 Å². The highest BCUT2D eigenvalue weighted by Gasteiger charge is 2.32. The number of anilines is 1. The first kappa shape index (κ1) is 30.6. The van der Waals surface area contributed by atoms with Gasteiger partial charge >= 0.3 is 0 Å². The number of amides is 2. The van der Waals surface area contributed by atoms with E-state index in [1.165, 1.54) is 48.4 Å². The maximum atomic E-state index is 13.8. The van der Waals surface area contributed by atoms with Crippen molar-refractivity contribution in [2.75, 3.05) is 31.0 Å². The smallest absolute Gasteiger partial charge is 0.264 e. The Labute approximate surface area is 235 Å². The van der Waals surface area contributed by atoms with Crippen LogP contribution >= 0.6 is 0 Å². The van der Waals surface area contributed by atoms with E-state index in [2.05, 4.69) is 5.32 Å². The summed E-state index contributed by atoms with van der Waals surface area (Å²) in [5.41, 5.74) is 1.09. The van der Waals surface area contributed by atoms with Crippen LogP contribution in [-0.2, 0) is 26.0 Å². The van der Waals surface area contributed by atoms with E-state index in [0.29, 0.717) is 18.7 Å². The van der Waals surface area contributed by atoms with Gasteiger partial charge in [0.25, 0.3) is 10.0 Å². The molecule has 3 rings (SSSR count). The van der Waals surface area contributed by atoms with Crippen LogP contribution in [0.25, 0.3) is 0 Å². The van der Waals surface area contributed by atoms with Crippen molar-refractivity contribution in [3.8, 4) is 5.75 Å². The van der Waals surface area contributed by atoms with Crippen LogP contribution in [-0.4, -0.2) is 57.9 Å². The molecule has 10 heteroatoms. The van der Waals surface area contributed by atoms with Crippen LogP contribution in [0.1, 0.15) is 26.3 Å². The molecule has 0 heterocycles. The lowest BCUT2D eigenvalue weighted by atomic mass is 10.1. The number of methoxy groups -OCH3 is 1. The van der Waals surface area contributed by atoms with Crippen LogP contribution < -0.4 is 14.4 Å². The third-order valence-electron chi connectivity index (χ3n) is 6.38. The summed E-state index contributed by atoms with van der Waals surface area (Å²) in [4.78, 5) is 28.1. The number of hydrogen-bond donors (Lipinski definition) is 1. The molecule has 3 aromatic rings. The van der Waals surface area contributed by atoms with Gasteiger partial charge in [-0.3, -0.25) is 13.9 Å². The van der Waals surface area contributed by atoms with Crippen molar-refractivity contribution in [1.29, 1.82) is 0 Å². The third kappa shape index (κ3) is 8.05. The molecule has 1 N–H and O–H groups in total. The van der Waals surface area contributed by atoms with Crippen LogP contribution in [0.15, 0.2) is 83.8 Å². The van der Waals surface area contributed by atoms with E-state index < -0.39 is 34.3 Å². The number of benzene rings is 3. The van der Waals surface area contributed by atoms with E-state index in [0.717, 1.165) is 22.0 Å². The van der Waals surface area contributed by atoms with Gasteiger partial charge in [-0.1, -0.05) is 44.2 Å². The molecule has 40 heavy (non-hydrogen) atoms. The van der Waals surface area contributed by atoms with Crippen molar-refractivity contribution in [2.45, 2.75) is 38.1 Å². The first-order valence-electron chi connectivity index (χ1n) is 13.1. The first-order chi connectivity index (χ1) is 19.0. The molecule has 0 spiro atoms. The van der Waals surface area contributed by atoms with Crippen LogP contribution in [0.4, 0.5) is 10.1 Å². The highest BCUT2D eigenvalue weighted by molar-refractivity contribution is 7.92. The van der Waals surface area contributed by atoms with Crippen LogP contribution in [0.3, 0.4) is 0 Å². The standard InChI is InChI=1S/C30H36FN3O5S/c1-22(2)20-32-30(36)23(3)33(19-18-24-8-6-5-7-9-24)29(35)21-34(26-12-10-25(31)11-13-26)40(37,38)28-16-14-27(39-4)15-17-28/h5-17,22-23H,18-21H2,1-4H3,(H,32,36)/t23-/m0/s1. The second-order valence-electron chi connectivity index (χ2n) is 9.80. The summed E-state index contributed by atoms with van der Waals surface area (Å²) in [6, 6.07) is 19.3. The number of rotatable bonds is 13. The molecule has 0 fully saturated rings. The van der Waals surface area contributed by atoms with E-state index in [-0.39, 0.29) is 29.0 Å². The second-order valence-corrected chi connectivity index (χ2v) is 11.7. The molecule has 0 saturated carbocycles. The molecule has 1 atom stereocenters. The van der Waals surface area contributed by atoms with Gasteiger partial charge in [0.1, 0.15) is 24.2 Å². The summed E-state index contributed by atoms with van der Waals surface area (Å²) in [5, 5.41) is 2.86. The van der Waals surface area contributed by atoms with Crippen molar-refractivity contribution >= 4 is 27.5 Å². The summed E-state index contributed by atoms with van der Waals surface area (Å²) in [7, 11) is -2.78. The summed E-state index contributed by atoms with van der Waals surface area (Å²) in [6.07, 6.45) is 0.468. The number of hydrogen-bond acceptors (Lipinski definition) is 5. The van der Waals surface area contributed by atoms with E-state index in [4.69, 9.17) is 4.74 Å². The zero-order chi connectivity index (χ0) is 29.3. The molecule has 0 unspecified atom stereocenters. The van der Waals surface area contributed by atoms with Gasteiger partial charge in [0.2, 0.25) is 11.8 Å². The maximum absolute atomic E-state index is 13.8. The third-order valence-corrected chi connectivity index (χ3v) is 8.17. The van der Waals surface area contributed by atoms with Gasteiger partial charge in [0.15, 0.2) is 0 Å². The largest absolute Gasteiger partial charge is 0.497 e. The van der Waals surface area contributed by atoms with Crippen molar-refractivity contribution in [3.05, 3.63) is 90.2 Å². The van der Waals surface area contributed by atoms with Crippen LogP contribution in [0.5, 0.6) is 5.75 Å². The Morgan fingerprint density at radius 2 is 1.55 bits per heavy atom. The molecule has 0 aliphatic carbocycles. The second kappa shape index (κ2) is 13.9. The fraction of sp³-hybridized carbons (Fsp3) is 0.333. The number of carbonyl (C=O) groups is 2. The minimum Gasteiger partial charge on any atom is -0.497 e. The van der Waals surface area contributed by atoms with Crippen molar-refractivity contribution in [3.63, 3.8) is 0 Å². The predicted octanol–water partition coefficient (Wildman–Crippen LogP) is 4.26. The zero-order valence-corrected chi connectivity index (χ0v) is 24.0. The molecule has 214 valence electrons. The average molecular weight is 570 g/mol. The topological polar surface area (TPSA) is 96.0 Å². The molecule has 3 aromatic carbocycles. The molecule has 0 aliphatic rings. The summed E-state index contributed by atoms with van der Waals surface area (Å²) in [5.74, 6) is -0.757. The van der Waals surface area contributed by atoms with Crippen molar-refractivity contribution in [2.24, 2.45) is 5.92 Å². The van der Waals surface area contributed by atoms with Crippen LogP contribution in [0, 0.1) is 11.7 Å². The minimum absolute atomic E-state index is 0.0658. The molecule has 0 aromatic heterocycles. The highest BCUT2D eigenvalue weighted by atomic mass is 32.2. The predicted molar refractivity (Wildman–Crippen MR) is 153 cm³/mol. The molecule has 2 amide bonds. The lowest BCUT2D eigenvalue weighted by Crippen LogP contribution is -2.52. The fourth-order valence-corrected chi connectivity index (χ4v) is 5.45. The zero-order valence-electron chi connectivity index (χ0n) is 23.2. The summed E-state index contributed by atoms with van der Waals surface area (Å²) >= 11 is 0. The molecule has 8 nitrogen and oxygen atoms in total. The van der Waals surface area contributed by atoms with E-state index in [1.807, 2.05) is 44.2 Å². The Hall–Kier alpha value is -3.92. The van der Waals surface area contributed by atoms with Gasteiger partial charge in [-0.2, -0.15) is 0 Å². The number of ether oxygens (including phenoxy) is 1. The average Bonchev–Trinajstić information content (AvgIpc) is 2.95. The molecule has 0 bridgehead atoms. The molecule has 0 radical (unpaired) electrons. The van der Waals surface area contributed by atoms with Gasteiger partial charge in [-0.15, -0.1) is 0 Å². The molecular weight excluding hydrogens is 533 g/mol. The summed E-state index contributed by atoms with van der Waals surface area (Å²) in [6.45, 7) is 5.60. The Morgan fingerprint density at radius 1 is 0.925 bits per heavy atom. The minimum atomic E-state index is -4.25. The SMILES string of the molecule is COc1ccc(S(=O)(=O)N(CC(=O)N(CCc2ccccc2)[C@@H](C)C(=O)NCC(C)C)c2ccc(F)cc2)cc1. The normalized spacial score (nSPS) is 12.1. The maximum Gasteiger partial charge on any atom is 0.264 e. The first-order valence-corrected chi connectivity index (χ1v) is 14.5. The molecular formula is C30H36FN3O5S. The van der Waals surface area contributed by atoms with E-state index in [1.54, 1.807) is 6.92 Å².